The molecular weight excluding hydrogens is 198 g/mol. The molecule has 2 heterocycles. The van der Waals surface area contributed by atoms with Gasteiger partial charge >= 0.3 is 5.97 Å². The van der Waals surface area contributed by atoms with Gasteiger partial charge < -0.3 is 14.8 Å². The first-order valence-corrected chi connectivity index (χ1v) is 4.38. The van der Waals surface area contributed by atoms with Gasteiger partial charge in [-0.15, -0.1) is 0 Å². The molecule has 2 N–H and O–H groups in total. The smallest absolute Gasteiger partial charge is 0.325 e. The molecule has 0 saturated heterocycles. The van der Waals surface area contributed by atoms with Crippen LogP contribution in [-0.2, 0) is 4.79 Å². The number of fused-ring (bicyclic) bond motifs is 1. The Hall–Kier alpha value is -2.11. The number of carboxylic acid groups (broad SMARTS) is 1. The molecule has 0 bridgehead atoms. The van der Waals surface area contributed by atoms with Crippen molar-refractivity contribution in [2.24, 2.45) is 0 Å². The number of carboxylic acids is 1. The summed E-state index contributed by atoms with van der Waals surface area (Å²) in [4.78, 5) is 18.5. The Morgan fingerprint density at radius 1 is 1.67 bits per heavy atom. The third-order valence-corrected chi connectivity index (χ3v) is 1.88. The Kier molecular flexibility index (Phi) is 2.24. The Bertz CT molecular complexity index is 461. The first-order chi connectivity index (χ1) is 7.16. The van der Waals surface area contributed by atoms with Gasteiger partial charge in [-0.25, -0.2) is 4.98 Å². The van der Waals surface area contributed by atoms with Crippen LogP contribution in [-0.4, -0.2) is 27.1 Å². The van der Waals surface area contributed by atoms with Crippen molar-refractivity contribution >= 4 is 23.2 Å². The number of anilines is 1. The lowest BCUT2D eigenvalue weighted by Crippen LogP contribution is -2.25. The summed E-state index contributed by atoms with van der Waals surface area (Å²) in [7, 11) is 0. The van der Waals surface area contributed by atoms with E-state index in [1.54, 1.807) is 18.3 Å². The van der Waals surface area contributed by atoms with Crippen molar-refractivity contribution in [1.29, 1.82) is 0 Å². The molecule has 2 rings (SSSR count). The van der Waals surface area contributed by atoms with Crippen molar-refractivity contribution in [2.75, 3.05) is 5.32 Å². The van der Waals surface area contributed by atoms with Crippen LogP contribution in [0.25, 0.3) is 11.2 Å². The van der Waals surface area contributed by atoms with E-state index in [4.69, 9.17) is 9.52 Å². The molecule has 6 nitrogen and oxygen atoms in total. The van der Waals surface area contributed by atoms with Gasteiger partial charge in [0.1, 0.15) is 6.04 Å². The van der Waals surface area contributed by atoms with Gasteiger partial charge in [0.2, 0.25) is 5.65 Å². The number of aromatic nitrogens is 2. The lowest BCUT2D eigenvalue weighted by atomic mass is 10.4. The quantitative estimate of drug-likeness (QED) is 0.783. The third-order valence-electron chi connectivity index (χ3n) is 1.88. The summed E-state index contributed by atoms with van der Waals surface area (Å²) in [5.41, 5.74) is 0.982. The normalized spacial score (nSPS) is 12.6. The fourth-order valence-corrected chi connectivity index (χ4v) is 1.08. The maximum atomic E-state index is 10.6. The van der Waals surface area contributed by atoms with Crippen LogP contribution in [0.5, 0.6) is 0 Å². The van der Waals surface area contributed by atoms with Gasteiger partial charge in [-0.1, -0.05) is 0 Å². The summed E-state index contributed by atoms with van der Waals surface area (Å²) in [5.74, 6) is -0.967. The van der Waals surface area contributed by atoms with Crippen LogP contribution in [0.15, 0.2) is 22.7 Å². The van der Waals surface area contributed by atoms with Crippen LogP contribution >= 0.6 is 0 Å². The standard InChI is InChI=1S/C9H9N3O3/c1-5(8(13)14)11-9-12-7-6(15-9)3-2-4-10-7/h2-5H,1H3,(H,13,14)(H,10,11,12). The summed E-state index contributed by atoms with van der Waals surface area (Å²) >= 11 is 0. The monoisotopic (exact) mass is 207 g/mol. The zero-order valence-electron chi connectivity index (χ0n) is 7.97. The van der Waals surface area contributed by atoms with Gasteiger partial charge in [0.25, 0.3) is 6.01 Å². The molecular formula is C9H9N3O3. The largest absolute Gasteiger partial charge is 0.480 e. The maximum absolute atomic E-state index is 10.6. The van der Waals surface area contributed by atoms with Gasteiger partial charge in [0.15, 0.2) is 5.58 Å². The van der Waals surface area contributed by atoms with Crippen LogP contribution in [0.2, 0.25) is 0 Å². The number of rotatable bonds is 3. The molecule has 0 spiro atoms. The van der Waals surface area contributed by atoms with E-state index in [0.29, 0.717) is 11.2 Å². The van der Waals surface area contributed by atoms with Gasteiger partial charge in [-0.2, -0.15) is 4.98 Å². The molecule has 0 saturated carbocycles. The van der Waals surface area contributed by atoms with Crippen LogP contribution in [0.3, 0.4) is 0 Å². The Labute approximate surface area is 84.9 Å². The van der Waals surface area contributed by atoms with Crippen molar-refractivity contribution in [1.82, 2.24) is 9.97 Å². The molecule has 0 radical (unpaired) electrons. The highest BCUT2D eigenvalue weighted by molar-refractivity contribution is 5.76. The molecule has 0 amide bonds. The van der Waals surface area contributed by atoms with Crippen molar-refractivity contribution in [3.8, 4) is 0 Å². The van der Waals surface area contributed by atoms with Gasteiger partial charge in [0.05, 0.1) is 0 Å². The summed E-state index contributed by atoms with van der Waals surface area (Å²) in [5, 5.41) is 11.3. The van der Waals surface area contributed by atoms with Crippen molar-refractivity contribution in [3.63, 3.8) is 0 Å². The highest BCUT2D eigenvalue weighted by atomic mass is 16.4. The number of pyridine rings is 1. The second kappa shape index (κ2) is 3.56. The van der Waals surface area contributed by atoms with E-state index in [0.717, 1.165) is 0 Å². The lowest BCUT2D eigenvalue weighted by molar-refractivity contribution is -0.137. The van der Waals surface area contributed by atoms with E-state index in [1.165, 1.54) is 6.92 Å². The molecule has 2 aromatic rings. The molecule has 6 heteroatoms. The van der Waals surface area contributed by atoms with Crippen molar-refractivity contribution < 1.29 is 14.3 Å². The van der Waals surface area contributed by atoms with E-state index in [9.17, 15) is 4.79 Å². The van der Waals surface area contributed by atoms with E-state index < -0.39 is 12.0 Å². The number of oxazole rings is 1. The number of carbonyl (C=O) groups is 1. The molecule has 1 unspecified atom stereocenters. The average Bonchev–Trinajstić information content (AvgIpc) is 2.59. The molecule has 2 aromatic heterocycles. The fraction of sp³-hybridized carbons (Fsp3) is 0.222. The second-order valence-electron chi connectivity index (χ2n) is 3.05. The zero-order valence-corrected chi connectivity index (χ0v) is 7.97. The zero-order chi connectivity index (χ0) is 10.8. The summed E-state index contributed by atoms with van der Waals surface area (Å²) in [6, 6.07) is 2.85. The summed E-state index contributed by atoms with van der Waals surface area (Å²) in [6.45, 7) is 1.50. The van der Waals surface area contributed by atoms with E-state index in [-0.39, 0.29) is 6.01 Å². The molecule has 0 fully saturated rings. The molecule has 78 valence electrons. The van der Waals surface area contributed by atoms with Crippen LogP contribution in [0.4, 0.5) is 6.01 Å². The van der Waals surface area contributed by atoms with E-state index in [2.05, 4.69) is 15.3 Å². The summed E-state index contributed by atoms with van der Waals surface area (Å²) < 4.78 is 5.24. The number of hydrogen-bond acceptors (Lipinski definition) is 5. The molecule has 0 aliphatic heterocycles. The minimum absolute atomic E-state index is 0.165. The first kappa shape index (κ1) is 9.45. The fourth-order valence-electron chi connectivity index (χ4n) is 1.08. The number of aliphatic carboxylic acids is 1. The molecule has 0 aromatic carbocycles. The van der Waals surface area contributed by atoms with Crippen LogP contribution < -0.4 is 5.32 Å². The molecule has 0 aliphatic carbocycles. The minimum atomic E-state index is -0.967. The van der Waals surface area contributed by atoms with E-state index >= 15 is 0 Å². The van der Waals surface area contributed by atoms with Crippen LogP contribution in [0.1, 0.15) is 6.92 Å². The number of hydrogen-bond donors (Lipinski definition) is 2. The van der Waals surface area contributed by atoms with Gasteiger partial charge in [-0.05, 0) is 19.1 Å². The second-order valence-corrected chi connectivity index (χ2v) is 3.05. The highest BCUT2D eigenvalue weighted by Gasteiger charge is 2.14. The number of nitrogens with one attached hydrogen (secondary N) is 1. The third kappa shape index (κ3) is 1.88. The Morgan fingerprint density at radius 3 is 3.13 bits per heavy atom. The molecule has 0 aliphatic rings. The van der Waals surface area contributed by atoms with Crippen LogP contribution in [0, 0.1) is 0 Å². The maximum Gasteiger partial charge on any atom is 0.325 e. The number of nitrogens with zero attached hydrogens (tertiary/aromatic N) is 2. The van der Waals surface area contributed by atoms with E-state index in [1.807, 2.05) is 0 Å². The molecule has 1 atom stereocenters. The predicted molar refractivity (Wildman–Crippen MR) is 52.5 cm³/mol. The van der Waals surface area contributed by atoms with Crippen molar-refractivity contribution in [2.45, 2.75) is 13.0 Å². The van der Waals surface area contributed by atoms with Gasteiger partial charge in [0, 0.05) is 6.20 Å². The van der Waals surface area contributed by atoms with Gasteiger partial charge in [-0.3, -0.25) is 4.79 Å². The SMILES string of the molecule is CC(Nc1nc2ncccc2o1)C(=O)O. The minimum Gasteiger partial charge on any atom is -0.480 e. The predicted octanol–water partition coefficient (Wildman–Crippen LogP) is 1.11. The Balaban J connectivity index is 2.26. The molecule has 15 heavy (non-hydrogen) atoms. The highest BCUT2D eigenvalue weighted by Crippen LogP contribution is 2.16. The lowest BCUT2D eigenvalue weighted by Gasteiger charge is -2.04. The topological polar surface area (TPSA) is 88.3 Å². The average molecular weight is 207 g/mol. The Morgan fingerprint density at radius 2 is 2.47 bits per heavy atom. The summed E-state index contributed by atoms with van der Waals surface area (Å²) in [6.07, 6.45) is 1.59. The van der Waals surface area contributed by atoms with Crippen molar-refractivity contribution in [3.05, 3.63) is 18.3 Å². The first-order valence-electron chi connectivity index (χ1n) is 4.38.